The van der Waals surface area contributed by atoms with Crippen molar-refractivity contribution in [1.82, 2.24) is 19.9 Å². The maximum atomic E-state index is 13.8. The molecule has 0 spiro atoms. The molecule has 1 saturated heterocycles. The molecule has 2 aromatic heterocycles. The van der Waals surface area contributed by atoms with E-state index in [0.717, 1.165) is 43.4 Å². The quantitative estimate of drug-likeness (QED) is 0.387. The van der Waals surface area contributed by atoms with Crippen LogP contribution in [0, 0.1) is 5.92 Å². The van der Waals surface area contributed by atoms with Gasteiger partial charge >= 0.3 is 6.18 Å². The number of aryl methyl sites for hydroxylation is 2. The van der Waals surface area contributed by atoms with Gasteiger partial charge in [-0.05, 0) is 56.4 Å². The summed E-state index contributed by atoms with van der Waals surface area (Å²) in [6.45, 7) is 5.14. The Morgan fingerprint density at radius 1 is 1.08 bits per heavy atom. The van der Waals surface area contributed by atoms with E-state index in [2.05, 4.69) is 37.4 Å². The van der Waals surface area contributed by atoms with E-state index >= 15 is 0 Å². The molecule has 39 heavy (non-hydrogen) atoms. The number of carbonyl (C=O) groups is 1. The fraction of sp³-hybridized carbons (Fsp3) is 0.429. The lowest BCUT2D eigenvalue weighted by atomic mass is 10.0. The van der Waals surface area contributed by atoms with Crippen LogP contribution in [0.25, 0.3) is 0 Å². The third-order valence-corrected chi connectivity index (χ3v) is 7.09. The maximum Gasteiger partial charge on any atom is 0.419 e. The van der Waals surface area contributed by atoms with Gasteiger partial charge in [-0.1, -0.05) is 18.2 Å². The number of hydrogen-bond acceptors (Lipinski definition) is 7. The number of aromatic nitrogens is 3. The molecule has 1 aliphatic carbocycles. The first-order chi connectivity index (χ1) is 18.8. The van der Waals surface area contributed by atoms with Crippen molar-refractivity contribution in [2.75, 3.05) is 36.9 Å². The normalized spacial score (nSPS) is 17.0. The number of anilines is 3. The number of hydrogen-bond donors (Lipinski definition) is 2. The van der Waals surface area contributed by atoms with Crippen LogP contribution in [0.3, 0.4) is 0 Å². The smallest absolute Gasteiger partial charge is 0.379 e. The van der Waals surface area contributed by atoms with Crippen molar-refractivity contribution in [2.45, 2.75) is 44.8 Å². The van der Waals surface area contributed by atoms with Crippen LogP contribution < -0.4 is 10.6 Å². The molecule has 8 nitrogen and oxygen atoms in total. The van der Waals surface area contributed by atoms with Crippen molar-refractivity contribution < 1.29 is 22.7 Å². The number of para-hydroxylation sites is 1. The summed E-state index contributed by atoms with van der Waals surface area (Å²) in [5.74, 6) is 0.0338. The van der Waals surface area contributed by atoms with Crippen molar-refractivity contribution in [2.24, 2.45) is 5.92 Å². The highest BCUT2D eigenvalue weighted by Crippen LogP contribution is 2.33. The summed E-state index contributed by atoms with van der Waals surface area (Å²) < 4.78 is 46.7. The molecule has 206 valence electrons. The molecule has 1 aliphatic heterocycles. The van der Waals surface area contributed by atoms with Gasteiger partial charge in [0, 0.05) is 36.9 Å². The summed E-state index contributed by atoms with van der Waals surface area (Å²) in [5.41, 5.74) is 1.85. The minimum atomic E-state index is -4.59. The lowest BCUT2D eigenvalue weighted by Crippen LogP contribution is -2.38. The molecule has 2 aliphatic rings. The molecule has 1 atom stereocenters. The van der Waals surface area contributed by atoms with Crippen molar-refractivity contribution >= 4 is 23.2 Å². The number of amides is 1. The summed E-state index contributed by atoms with van der Waals surface area (Å²) >= 11 is 0. The Morgan fingerprint density at radius 2 is 1.85 bits per heavy atom. The Hall–Kier alpha value is -3.57. The topological polar surface area (TPSA) is 92.3 Å². The Bertz CT molecular complexity index is 1290. The van der Waals surface area contributed by atoms with E-state index in [1.54, 1.807) is 30.5 Å². The van der Waals surface area contributed by atoms with Crippen molar-refractivity contribution in [3.05, 3.63) is 71.3 Å². The van der Waals surface area contributed by atoms with Crippen molar-refractivity contribution in [3.63, 3.8) is 0 Å². The predicted molar refractivity (Wildman–Crippen MR) is 141 cm³/mol. The van der Waals surface area contributed by atoms with Gasteiger partial charge in [0.25, 0.3) is 0 Å². The molecule has 1 aromatic carbocycles. The Balaban J connectivity index is 1.30. The van der Waals surface area contributed by atoms with Gasteiger partial charge in [-0.3, -0.25) is 14.7 Å². The lowest BCUT2D eigenvalue weighted by Gasteiger charge is -2.31. The fourth-order valence-corrected chi connectivity index (χ4v) is 4.61. The van der Waals surface area contributed by atoms with Crippen LogP contribution in [0.4, 0.5) is 30.5 Å². The number of alkyl halides is 3. The second-order valence-corrected chi connectivity index (χ2v) is 9.89. The van der Waals surface area contributed by atoms with E-state index in [1.807, 2.05) is 12.1 Å². The van der Waals surface area contributed by atoms with Crippen molar-refractivity contribution in [3.8, 4) is 0 Å². The molecule has 3 heterocycles. The Labute approximate surface area is 225 Å². The molecule has 1 amide bonds. The Morgan fingerprint density at radius 3 is 2.54 bits per heavy atom. The standard InChI is InChI=1S/C28H31F3N6O2/c1-18(37-12-14-39-15-13-37)23-11-9-21(16-32-23)34-27-33-17-22(28(29,30)31)25(36-27)10-8-19-4-2-3-5-24(19)35-26(38)20-6-7-20/h2-5,9,11,16-18,20H,6-8,10,12-15H2,1H3,(H,35,38)(H,33,34,36). The molecule has 2 N–H and O–H groups in total. The monoisotopic (exact) mass is 540 g/mol. The number of rotatable bonds is 9. The molecule has 2 fully saturated rings. The number of nitrogens with one attached hydrogen (secondary N) is 2. The first-order valence-corrected chi connectivity index (χ1v) is 13.1. The molecule has 0 radical (unpaired) electrons. The average Bonchev–Trinajstić information content (AvgIpc) is 3.79. The van der Waals surface area contributed by atoms with Gasteiger partial charge in [0.2, 0.25) is 11.9 Å². The van der Waals surface area contributed by atoms with Crippen LogP contribution in [0.5, 0.6) is 0 Å². The zero-order chi connectivity index (χ0) is 27.4. The fourth-order valence-electron chi connectivity index (χ4n) is 4.61. The highest BCUT2D eigenvalue weighted by atomic mass is 19.4. The highest BCUT2D eigenvalue weighted by Gasteiger charge is 2.35. The predicted octanol–water partition coefficient (Wildman–Crippen LogP) is 5.16. The van der Waals surface area contributed by atoms with Gasteiger partial charge < -0.3 is 15.4 Å². The van der Waals surface area contributed by atoms with E-state index in [0.29, 0.717) is 24.6 Å². The number of carbonyl (C=O) groups excluding carboxylic acids is 1. The molecule has 1 saturated carbocycles. The SMILES string of the molecule is CC(c1ccc(Nc2ncc(C(F)(F)F)c(CCc3ccccc3NC(=O)C3CC3)n2)cn1)N1CCOCC1. The minimum Gasteiger partial charge on any atom is -0.379 e. The van der Waals surface area contributed by atoms with Crippen LogP contribution in [-0.2, 0) is 28.5 Å². The van der Waals surface area contributed by atoms with Gasteiger partial charge in [0.15, 0.2) is 0 Å². The van der Waals surface area contributed by atoms with Crippen LogP contribution in [-0.4, -0.2) is 52.1 Å². The van der Waals surface area contributed by atoms with E-state index in [-0.39, 0.29) is 42.4 Å². The van der Waals surface area contributed by atoms with Crippen molar-refractivity contribution in [1.29, 1.82) is 0 Å². The number of pyridine rings is 1. The molecular formula is C28H31F3N6O2. The first kappa shape index (κ1) is 27.0. The number of morpholine rings is 1. The number of benzene rings is 1. The molecule has 11 heteroatoms. The van der Waals surface area contributed by atoms with Gasteiger partial charge in [0.1, 0.15) is 0 Å². The molecule has 0 bridgehead atoms. The van der Waals surface area contributed by atoms with Gasteiger partial charge in [-0.15, -0.1) is 0 Å². The number of nitrogens with zero attached hydrogens (tertiary/aromatic N) is 4. The van der Waals surface area contributed by atoms with E-state index in [4.69, 9.17) is 4.74 Å². The molecule has 5 rings (SSSR count). The van der Waals surface area contributed by atoms with E-state index in [9.17, 15) is 18.0 Å². The average molecular weight is 541 g/mol. The highest BCUT2D eigenvalue weighted by molar-refractivity contribution is 5.94. The van der Waals surface area contributed by atoms with E-state index in [1.165, 1.54) is 0 Å². The number of ether oxygens (including phenoxy) is 1. The largest absolute Gasteiger partial charge is 0.419 e. The van der Waals surface area contributed by atoms with Crippen LogP contribution in [0.15, 0.2) is 48.8 Å². The van der Waals surface area contributed by atoms with E-state index < -0.39 is 11.7 Å². The summed E-state index contributed by atoms with van der Waals surface area (Å²) in [4.78, 5) is 27.2. The summed E-state index contributed by atoms with van der Waals surface area (Å²) in [6, 6.07) is 11.0. The lowest BCUT2D eigenvalue weighted by molar-refractivity contribution is -0.138. The first-order valence-electron chi connectivity index (χ1n) is 13.1. The number of halogens is 3. The molecule has 1 unspecified atom stereocenters. The maximum absolute atomic E-state index is 13.8. The van der Waals surface area contributed by atoms with Gasteiger partial charge in [-0.2, -0.15) is 13.2 Å². The summed E-state index contributed by atoms with van der Waals surface area (Å²) in [7, 11) is 0. The van der Waals surface area contributed by atoms with Crippen LogP contribution >= 0.6 is 0 Å². The molecular weight excluding hydrogens is 509 g/mol. The Kier molecular flexibility index (Phi) is 8.08. The van der Waals surface area contributed by atoms with Crippen LogP contribution in [0.2, 0.25) is 0 Å². The summed E-state index contributed by atoms with van der Waals surface area (Å²) in [5, 5.41) is 5.89. The van der Waals surface area contributed by atoms with Gasteiger partial charge in [-0.25, -0.2) is 9.97 Å². The molecule has 3 aromatic rings. The zero-order valence-corrected chi connectivity index (χ0v) is 21.7. The second-order valence-electron chi connectivity index (χ2n) is 9.89. The zero-order valence-electron chi connectivity index (χ0n) is 21.7. The summed E-state index contributed by atoms with van der Waals surface area (Å²) in [6.07, 6.45) is -0.117. The third-order valence-electron chi connectivity index (χ3n) is 7.09. The second kappa shape index (κ2) is 11.7. The van der Waals surface area contributed by atoms with Crippen LogP contribution in [0.1, 0.15) is 48.3 Å². The van der Waals surface area contributed by atoms with Gasteiger partial charge in [0.05, 0.1) is 42.0 Å². The third kappa shape index (κ3) is 6.90. The minimum absolute atomic E-state index is 0.0244.